The van der Waals surface area contributed by atoms with Gasteiger partial charge in [-0.15, -0.1) is 0 Å². The molecule has 0 N–H and O–H groups in total. The number of rotatable bonds is 7. The van der Waals surface area contributed by atoms with Gasteiger partial charge in [0.25, 0.3) is 0 Å². The fraction of sp³-hybridized carbons (Fsp3) is 0.652. The molecule has 5 heterocycles. The summed E-state index contributed by atoms with van der Waals surface area (Å²) in [7, 11) is 0. The van der Waals surface area contributed by atoms with E-state index in [-0.39, 0.29) is 42.4 Å². The molecule has 2 aromatic rings. The van der Waals surface area contributed by atoms with E-state index in [2.05, 4.69) is 20.0 Å². The van der Waals surface area contributed by atoms with Crippen molar-refractivity contribution in [1.82, 2.24) is 24.6 Å². The Morgan fingerprint density at radius 3 is 2.57 bits per heavy atom. The number of ether oxygens (including phenoxy) is 2. The number of hydrogen-bond donors (Lipinski definition) is 0. The molecule has 12 nitrogen and oxygen atoms in total. The number of amides is 1. The number of nitro groups is 1. The number of anilines is 1. The molecule has 1 atom stereocenters. The second-order valence-electron chi connectivity index (χ2n) is 10.1. The van der Waals surface area contributed by atoms with Gasteiger partial charge in [-0.1, -0.05) is 0 Å². The van der Waals surface area contributed by atoms with Gasteiger partial charge in [0, 0.05) is 18.3 Å². The molecule has 0 saturated carbocycles. The van der Waals surface area contributed by atoms with Gasteiger partial charge >= 0.3 is 17.8 Å². The fourth-order valence-electron chi connectivity index (χ4n) is 4.72. The Morgan fingerprint density at radius 1 is 1.29 bits per heavy atom. The molecule has 1 amide bonds. The topological polar surface area (TPSA) is 129 Å². The van der Waals surface area contributed by atoms with Crippen molar-refractivity contribution in [3.05, 3.63) is 33.8 Å². The zero-order chi connectivity index (χ0) is 25.3. The third-order valence-corrected chi connectivity index (χ3v) is 6.30. The van der Waals surface area contributed by atoms with Gasteiger partial charge in [-0.05, 0) is 66.5 Å². The lowest BCUT2D eigenvalue weighted by Crippen LogP contribution is -2.48. The van der Waals surface area contributed by atoms with Crippen LogP contribution in [0.3, 0.4) is 0 Å². The van der Waals surface area contributed by atoms with Crippen molar-refractivity contribution in [3.8, 4) is 6.01 Å². The molecule has 0 radical (unpaired) electrons. The molecular formula is C23H33N7O5. The summed E-state index contributed by atoms with van der Waals surface area (Å²) in [5.41, 5.74) is -0.366. The summed E-state index contributed by atoms with van der Waals surface area (Å²) >= 11 is 0. The highest BCUT2D eigenvalue weighted by molar-refractivity contribution is 5.89. The molecule has 2 aromatic heterocycles. The Labute approximate surface area is 204 Å². The second-order valence-corrected chi connectivity index (χ2v) is 10.1. The third-order valence-electron chi connectivity index (χ3n) is 6.30. The predicted molar refractivity (Wildman–Crippen MR) is 127 cm³/mol. The molecule has 2 bridgehead atoms. The summed E-state index contributed by atoms with van der Waals surface area (Å²) in [5, 5.41) is 16.5. The van der Waals surface area contributed by atoms with Crippen molar-refractivity contribution in [2.45, 2.75) is 65.6 Å². The summed E-state index contributed by atoms with van der Waals surface area (Å²) in [4.78, 5) is 36.6. The Balaban J connectivity index is 1.69. The number of aryl methyl sites for hydroxylation is 1. The van der Waals surface area contributed by atoms with Crippen LogP contribution in [0.4, 0.5) is 16.3 Å². The van der Waals surface area contributed by atoms with Crippen LogP contribution in [0.25, 0.3) is 0 Å². The SMILES string of the molecule is CCOc1nc(C)c([N+](=O)[O-])c(N(Cc2cnn(C3CN4CCC3CC4)c2)C(=O)OC(C)(C)C)n1. The quantitative estimate of drug-likeness (QED) is 0.425. The highest BCUT2D eigenvalue weighted by atomic mass is 16.6. The molecule has 0 aromatic carbocycles. The molecule has 1 unspecified atom stereocenters. The van der Waals surface area contributed by atoms with Crippen LogP contribution < -0.4 is 9.64 Å². The van der Waals surface area contributed by atoms with E-state index >= 15 is 0 Å². The lowest BCUT2D eigenvalue weighted by atomic mass is 9.84. The Morgan fingerprint density at radius 2 is 2.00 bits per heavy atom. The minimum Gasteiger partial charge on any atom is -0.464 e. The molecule has 0 aliphatic carbocycles. The van der Waals surface area contributed by atoms with Crippen molar-refractivity contribution in [2.24, 2.45) is 5.92 Å². The number of piperidine rings is 3. The molecule has 35 heavy (non-hydrogen) atoms. The van der Waals surface area contributed by atoms with Crippen LogP contribution in [0, 0.1) is 23.0 Å². The Bertz CT molecular complexity index is 1090. The molecule has 190 valence electrons. The van der Waals surface area contributed by atoms with Gasteiger partial charge in [0.2, 0.25) is 5.82 Å². The molecule has 3 aliphatic heterocycles. The van der Waals surface area contributed by atoms with E-state index in [0.717, 1.165) is 38.0 Å². The van der Waals surface area contributed by atoms with Crippen LogP contribution in [0.15, 0.2) is 12.4 Å². The molecular weight excluding hydrogens is 454 g/mol. The van der Waals surface area contributed by atoms with Gasteiger partial charge in [0.05, 0.1) is 30.3 Å². The van der Waals surface area contributed by atoms with Gasteiger partial charge in [0.1, 0.15) is 11.3 Å². The first kappa shape index (κ1) is 24.8. The van der Waals surface area contributed by atoms with Gasteiger partial charge in [-0.25, -0.2) is 4.79 Å². The minimum absolute atomic E-state index is 0.00112. The minimum atomic E-state index is -0.811. The average Bonchev–Trinajstić information content (AvgIpc) is 3.25. The summed E-state index contributed by atoms with van der Waals surface area (Å²) in [5.74, 6) is 0.407. The maximum absolute atomic E-state index is 13.3. The van der Waals surface area contributed by atoms with Crippen molar-refractivity contribution < 1.29 is 19.2 Å². The van der Waals surface area contributed by atoms with E-state index in [9.17, 15) is 14.9 Å². The van der Waals surface area contributed by atoms with Gasteiger partial charge in [-0.3, -0.25) is 19.7 Å². The van der Waals surface area contributed by atoms with E-state index in [4.69, 9.17) is 9.47 Å². The number of nitrogens with zero attached hydrogens (tertiary/aromatic N) is 7. The standard InChI is InChI=1S/C23H33N7O5/c1-6-34-21-25-15(2)19(30(32)33)20(26-21)28(22(31)35-23(3,4)5)12-16-11-24-29(13-16)18-14-27-9-7-17(18)8-10-27/h11,13,17-18H,6-10,12,14H2,1-5H3. The van der Waals surface area contributed by atoms with Crippen LogP contribution in [0.2, 0.25) is 0 Å². The fourth-order valence-corrected chi connectivity index (χ4v) is 4.72. The first-order valence-corrected chi connectivity index (χ1v) is 12.0. The first-order chi connectivity index (χ1) is 16.6. The van der Waals surface area contributed by atoms with Crippen LogP contribution in [0.1, 0.15) is 57.8 Å². The number of aromatic nitrogens is 4. The van der Waals surface area contributed by atoms with E-state index in [0.29, 0.717) is 5.92 Å². The molecule has 0 spiro atoms. The summed E-state index contributed by atoms with van der Waals surface area (Å²) in [6, 6.07) is 0.239. The van der Waals surface area contributed by atoms with Crippen LogP contribution in [0.5, 0.6) is 6.01 Å². The second kappa shape index (κ2) is 9.76. The van der Waals surface area contributed by atoms with Crippen molar-refractivity contribution in [2.75, 3.05) is 31.1 Å². The van der Waals surface area contributed by atoms with E-state index < -0.39 is 16.6 Å². The molecule has 3 saturated heterocycles. The smallest absolute Gasteiger partial charge is 0.416 e. The zero-order valence-electron chi connectivity index (χ0n) is 20.9. The first-order valence-electron chi connectivity index (χ1n) is 12.0. The number of carbonyl (C=O) groups is 1. The lowest BCUT2D eigenvalue weighted by molar-refractivity contribution is -0.385. The van der Waals surface area contributed by atoms with Crippen molar-refractivity contribution in [3.63, 3.8) is 0 Å². The summed E-state index contributed by atoms with van der Waals surface area (Å²) in [6.45, 7) is 11.9. The third kappa shape index (κ3) is 5.53. The van der Waals surface area contributed by atoms with Gasteiger partial charge in [-0.2, -0.15) is 15.1 Å². The monoisotopic (exact) mass is 487 g/mol. The zero-order valence-corrected chi connectivity index (χ0v) is 20.9. The number of carbonyl (C=O) groups excluding carboxylic acids is 1. The highest BCUT2D eigenvalue weighted by Gasteiger charge is 2.37. The van der Waals surface area contributed by atoms with Crippen LogP contribution in [-0.2, 0) is 11.3 Å². The number of hydrogen-bond acceptors (Lipinski definition) is 9. The van der Waals surface area contributed by atoms with Crippen LogP contribution >= 0.6 is 0 Å². The maximum atomic E-state index is 13.3. The largest absolute Gasteiger partial charge is 0.464 e. The van der Waals surface area contributed by atoms with Crippen LogP contribution in [-0.4, -0.2) is 67.5 Å². The molecule has 3 aliphatic rings. The lowest BCUT2D eigenvalue weighted by Gasteiger charge is -2.44. The Kier molecular flexibility index (Phi) is 6.93. The molecule has 5 rings (SSSR count). The maximum Gasteiger partial charge on any atom is 0.416 e. The van der Waals surface area contributed by atoms with E-state index in [1.54, 1.807) is 33.9 Å². The Hall–Kier alpha value is -3.28. The average molecular weight is 488 g/mol. The normalized spacial score (nSPS) is 21.6. The molecule has 3 fully saturated rings. The number of fused-ring (bicyclic) bond motifs is 3. The van der Waals surface area contributed by atoms with Crippen molar-refractivity contribution in [1.29, 1.82) is 0 Å². The highest BCUT2D eigenvalue weighted by Crippen LogP contribution is 2.36. The van der Waals surface area contributed by atoms with E-state index in [1.165, 1.54) is 11.8 Å². The van der Waals surface area contributed by atoms with Crippen molar-refractivity contribution >= 4 is 17.6 Å². The summed E-state index contributed by atoms with van der Waals surface area (Å²) in [6.07, 6.45) is 5.15. The molecule has 12 heteroatoms. The van der Waals surface area contributed by atoms with Gasteiger partial charge in [0.15, 0.2) is 0 Å². The summed E-state index contributed by atoms with van der Waals surface area (Å²) < 4.78 is 13.0. The van der Waals surface area contributed by atoms with Gasteiger partial charge < -0.3 is 14.4 Å². The van der Waals surface area contributed by atoms with E-state index in [1.807, 2.05) is 10.9 Å². The predicted octanol–water partition coefficient (Wildman–Crippen LogP) is 3.50.